The molecule has 0 saturated carbocycles. The second kappa shape index (κ2) is 6.92. The van der Waals surface area contributed by atoms with Crippen LogP contribution in [-0.2, 0) is 19.7 Å². The van der Waals surface area contributed by atoms with Crippen molar-refractivity contribution in [1.82, 2.24) is 5.32 Å². The van der Waals surface area contributed by atoms with Crippen LogP contribution >= 0.6 is 23.2 Å². The normalized spacial score (nSPS) is 10.7. The molecule has 2 aromatic carbocycles. The fourth-order valence-corrected chi connectivity index (χ4v) is 2.36. The quantitative estimate of drug-likeness (QED) is 0.880. The van der Waals surface area contributed by atoms with Gasteiger partial charge in [-0.2, -0.15) is 0 Å². The largest absolute Gasteiger partial charge is 0.392 e. The molecule has 0 amide bonds. The Balaban J connectivity index is 1.96. The van der Waals surface area contributed by atoms with Crippen molar-refractivity contribution in [1.29, 1.82) is 0 Å². The molecule has 2 nitrogen and oxygen atoms in total. The summed E-state index contributed by atoms with van der Waals surface area (Å²) in [4.78, 5) is 0. The Morgan fingerprint density at radius 1 is 0.895 bits per heavy atom. The summed E-state index contributed by atoms with van der Waals surface area (Å²) >= 11 is 12.0. The Kier molecular flexibility index (Phi) is 5.23. The van der Waals surface area contributed by atoms with Crippen molar-refractivity contribution < 1.29 is 5.11 Å². The zero-order valence-corrected chi connectivity index (χ0v) is 11.9. The van der Waals surface area contributed by atoms with Gasteiger partial charge in [0, 0.05) is 23.1 Å². The van der Waals surface area contributed by atoms with Gasteiger partial charge in [-0.3, -0.25) is 0 Å². The lowest BCUT2D eigenvalue weighted by atomic mass is 10.1. The zero-order valence-electron chi connectivity index (χ0n) is 10.4. The van der Waals surface area contributed by atoms with E-state index in [4.69, 9.17) is 23.2 Å². The number of halogens is 2. The molecule has 0 aliphatic heterocycles. The van der Waals surface area contributed by atoms with Crippen molar-refractivity contribution in [3.05, 3.63) is 69.2 Å². The maximum Gasteiger partial charge on any atom is 0.0685 e. The molecule has 0 bridgehead atoms. The Hall–Kier alpha value is -1.06. The fraction of sp³-hybridized carbons (Fsp3) is 0.200. The van der Waals surface area contributed by atoms with E-state index in [1.165, 1.54) is 0 Å². The van der Waals surface area contributed by atoms with Crippen LogP contribution in [0.15, 0.2) is 42.5 Å². The average molecular weight is 296 g/mol. The molecule has 4 heteroatoms. The Morgan fingerprint density at radius 3 is 2.26 bits per heavy atom. The summed E-state index contributed by atoms with van der Waals surface area (Å²) in [6, 6.07) is 13.3. The van der Waals surface area contributed by atoms with Crippen molar-refractivity contribution in [3.8, 4) is 0 Å². The van der Waals surface area contributed by atoms with Gasteiger partial charge < -0.3 is 10.4 Å². The van der Waals surface area contributed by atoms with Gasteiger partial charge in [-0.25, -0.2) is 0 Å². The number of hydrogen-bond acceptors (Lipinski definition) is 2. The van der Waals surface area contributed by atoms with Crippen molar-refractivity contribution in [2.45, 2.75) is 19.7 Å². The minimum Gasteiger partial charge on any atom is -0.392 e. The molecule has 0 spiro atoms. The van der Waals surface area contributed by atoms with Gasteiger partial charge in [0.05, 0.1) is 6.61 Å². The Labute approximate surface area is 123 Å². The van der Waals surface area contributed by atoms with E-state index in [9.17, 15) is 5.11 Å². The summed E-state index contributed by atoms with van der Waals surface area (Å²) in [5, 5.41) is 13.9. The molecule has 0 aliphatic carbocycles. The summed E-state index contributed by atoms with van der Waals surface area (Å²) in [5.74, 6) is 0. The number of rotatable bonds is 5. The first-order valence-electron chi connectivity index (χ1n) is 6.03. The van der Waals surface area contributed by atoms with Crippen LogP contribution in [0.5, 0.6) is 0 Å². The fourth-order valence-electron chi connectivity index (χ4n) is 1.88. The van der Waals surface area contributed by atoms with E-state index in [1.54, 1.807) is 6.07 Å². The third-order valence-electron chi connectivity index (χ3n) is 2.93. The number of benzene rings is 2. The lowest BCUT2D eigenvalue weighted by Gasteiger charge is -2.10. The molecule has 0 fully saturated rings. The van der Waals surface area contributed by atoms with Gasteiger partial charge in [0.2, 0.25) is 0 Å². The van der Waals surface area contributed by atoms with E-state index < -0.39 is 0 Å². The van der Waals surface area contributed by atoms with E-state index in [2.05, 4.69) is 5.32 Å². The lowest BCUT2D eigenvalue weighted by molar-refractivity contribution is 0.280. The molecule has 0 saturated heterocycles. The lowest BCUT2D eigenvalue weighted by Crippen LogP contribution is -2.14. The average Bonchev–Trinajstić information content (AvgIpc) is 2.42. The molecule has 100 valence electrons. The highest BCUT2D eigenvalue weighted by Crippen LogP contribution is 2.20. The zero-order chi connectivity index (χ0) is 13.7. The first kappa shape index (κ1) is 14.4. The van der Waals surface area contributed by atoms with Gasteiger partial charge in [-0.1, -0.05) is 53.5 Å². The smallest absolute Gasteiger partial charge is 0.0685 e. The van der Waals surface area contributed by atoms with Crippen LogP contribution in [0, 0.1) is 0 Å². The van der Waals surface area contributed by atoms with E-state index >= 15 is 0 Å². The van der Waals surface area contributed by atoms with Gasteiger partial charge in [0.25, 0.3) is 0 Å². The summed E-state index contributed by atoms with van der Waals surface area (Å²) in [5.41, 5.74) is 3.04. The van der Waals surface area contributed by atoms with Gasteiger partial charge in [0.1, 0.15) is 0 Å². The van der Waals surface area contributed by atoms with Gasteiger partial charge >= 0.3 is 0 Å². The summed E-state index contributed by atoms with van der Waals surface area (Å²) in [6.07, 6.45) is 0. The van der Waals surface area contributed by atoms with Gasteiger partial charge in [-0.05, 0) is 28.8 Å². The number of aliphatic hydroxyl groups excluding tert-OH is 1. The van der Waals surface area contributed by atoms with Crippen LogP contribution < -0.4 is 5.32 Å². The molecular weight excluding hydrogens is 281 g/mol. The second-order valence-electron chi connectivity index (χ2n) is 4.27. The third-order valence-corrected chi connectivity index (χ3v) is 3.52. The standard InChI is InChI=1S/C15H15Cl2NO/c16-14-6-5-12(15(17)7-14)9-18-8-11-3-1-2-4-13(11)10-19/h1-7,18-19H,8-10H2. The van der Waals surface area contributed by atoms with Gasteiger partial charge in [-0.15, -0.1) is 0 Å². The van der Waals surface area contributed by atoms with E-state index in [-0.39, 0.29) is 6.61 Å². The molecule has 0 atom stereocenters. The van der Waals surface area contributed by atoms with E-state index in [0.717, 1.165) is 16.7 Å². The predicted molar refractivity (Wildman–Crippen MR) is 79.4 cm³/mol. The third kappa shape index (κ3) is 3.95. The van der Waals surface area contributed by atoms with E-state index in [1.807, 2.05) is 36.4 Å². The summed E-state index contributed by atoms with van der Waals surface area (Å²) < 4.78 is 0. The molecule has 19 heavy (non-hydrogen) atoms. The highest BCUT2D eigenvalue weighted by molar-refractivity contribution is 6.35. The topological polar surface area (TPSA) is 32.3 Å². The van der Waals surface area contributed by atoms with Gasteiger partial charge in [0.15, 0.2) is 0 Å². The van der Waals surface area contributed by atoms with Crippen LogP contribution in [0.4, 0.5) is 0 Å². The number of hydrogen-bond donors (Lipinski definition) is 2. The predicted octanol–water partition coefficient (Wildman–Crippen LogP) is 3.78. The van der Waals surface area contributed by atoms with Crippen LogP contribution in [0.2, 0.25) is 10.0 Å². The van der Waals surface area contributed by atoms with E-state index in [0.29, 0.717) is 23.1 Å². The van der Waals surface area contributed by atoms with Crippen molar-refractivity contribution >= 4 is 23.2 Å². The minimum absolute atomic E-state index is 0.0551. The maximum atomic E-state index is 9.25. The van der Waals surface area contributed by atoms with Crippen molar-refractivity contribution in [2.75, 3.05) is 0 Å². The van der Waals surface area contributed by atoms with Crippen LogP contribution in [0.3, 0.4) is 0 Å². The highest BCUT2D eigenvalue weighted by atomic mass is 35.5. The van der Waals surface area contributed by atoms with Crippen LogP contribution in [0.1, 0.15) is 16.7 Å². The van der Waals surface area contributed by atoms with Crippen LogP contribution in [0.25, 0.3) is 0 Å². The van der Waals surface area contributed by atoms with Crippen molar-refractivity contribution in [3.63, 3.8) is 0 Å². The first-order valence-corrected chi connectivity index (χ1v) is 6.78. The summed E-state index contributed by atoms with van der Waals surface area (Å²) in [7, 11) is 0. The molecule has 0 unspecified atom stereocenters. The first-order chi connectivity index (χ1) is 9.20. The molecule has 2 N–H and O–H groups in total. The van der Waals surface area contributed by atoms with Crippen molar-refractivity contribution in [2.24, 2.45) is 0 Å². The number of nitrogens with one attached hydrogen (secondary N) is 1. The highest BCUT2D eigenvalue weighted by Gasteiger charge is 2.03. The minimum atomic E-state index is 0.0551. The Bertz CT molecular complexity index is 558. The van der Waals surface area contributed by atoms with Crippen LogP contribution in [-0.4, -0.2) is 5.11 Å². The maximum absolute atomic E-state index is 9.25. The molecule has 0 aliphatic rings. The Morgan fingerprint density at radius 2 is 1.58 bits per heavy atom. The number of aliphatic hydroxyl groups is 1. The monoisotopic (exact) mass is 295 g/mol. The molecule has 0 heterocycles. The molecular formula is C15H15Cl2NO. The molecule has 0 radical (unpaired) electrons. The molecule has 2 aromatic rings. The molecule has 2 rings (SSSR count). The molecule has 0 aromatic heterocycles. The summed E-state index contributed by atoms with van der Waals surface area (Å²) in [6.45, 7) is 1.41. The SMILES string of the molecule is OCc1ccccc1CNCc1ccc(Cl)cc1Cl. The second-order valence-corrected chi connectivity index (χ2v) is 5.11.